The Kier molecular flexibility index (Phi) is 5.82. The van der Waals surface area contributed by atoms with Gasteiger partial charge >= 0.3 is 0 Å². The zero-order chi connectivity index (χ0) is 19.4. The Labute approximate surface area is 160 Å². The molecule has 0 radical (unpaired) electrons. The first kappa shape index (κ1) is 19.4. The van der Waals surface area contributed by atoms with Crippen LogP contribution < -0.4 is 9.46 Å². The minimum Gasteiger partial charge on any atom is -0.497 e. The average Bonchev–Trinajstić information content (AvgIpc) is 2.68. The number of sulfonamides is 1. The zero-order valence-electron chi connectivity index (χ0n) is 15.5. The van der Waals surface area contributed by atoms with Gasteiger partial charge in [0.2, 0.25) is 0 Å². The molecule has 0 aromatic heterocycles. The summed E-state index contributed by atoms with van der Waals surface area (Å²) in [5, 5.41) is 0. The van der Waals surface area contributed by atoms with Gasteiger partial charge in [0, 0.05) is 17.2 Å². The van der Waals surface area contributed by atoms with Crippen molar-refractivity contribution in [2.75, 3.05) is 32.0 Å². The highest BCUT2D eigenvalue weighted by Gasteiger charge is 2.24. The van der Waals surface area contributed by atoms with E-state index in [4.69, 9.17) is 4.74 Å². The normalized spacial score (nSPS) is 16.1. The number of rotatable bonds is 6. The number of hydrogen-bond donors (Lipinski definition) is 1. The van der Waals surface area contributed by atoms with Gasteiger partial charge in [-0.2, -0.15) is 0 Å². The Bertz CT molecular complexity index is 902. The first-order chi connectivity index (χ1) is 12.9. The minimum atomic E-state index is -3.74. The van der Waals surface area contributed by atoms with Crippen molar-refractivity contribution in [3.63, 3.8) is 0 Å². The third-order valence-corrected chi connectivity index (χ3v) is 6.26. The van der Waals surface area contributed by atoms with Crippen LogP contribution in [0.5, 0.6) is 5.75 Å². The van der Waals surface area contributed by atoms with Crippen LogP contribution >= 0.6 is 0 Å². The second-order valence-electron chi connectivity index (χ2n) is 6.80. The second kappa shape index (κ2) is 8.10. The van der Waals surface area contributed by atoms with E-state index in [0.717, 1.165) is 25.9 Å². The van der Waals surface area contributed by atoms with Crippen LogP contribution in [0.1, 0.15) is 23.2 Å². The molecule has 0 aliphatic carbocycles. The molecule has 0 bridgehead atoms. The number of piperidine rings is 1. The predicted octanol–water partition coefficient (Wildman–Crippen LogP) is 3.02. The summed E-state index contributed by atoms with van der Waals surface area (Å²) >= 11 is 0. The molecule has 1 fully saturated rings. The largest absolute Gasteiger partial charge is 0.497 e. The number of ether oxygens (including phenoxy) is 1. The van der Waals surface area contributed by atoms with Crippen molar-refractivity contribution < 1.29 is 17.9 Å². The molecular formula is C20H24N2O4S. The van der Waals surface area contributed by atoms with Gasteiger partial charge in [0.1, 0.15) is 5.75 Å². The molecule has 0 atom stereocenters. The molecule has 0 spiro atoms. The Morgan fingerprint density at radius 2 is 1.78 bits per heavy atom. The molecule has 1 saturated heterocycles. The van der Waals surface area contributed by atoms with E-state index >= 15 is 0 Å². The Morgan fingerprint density at radius 1 is 1.11 bits per heavy atom. The maximum absolute atomic E-state index is 12.8. The smallest absolute Gasteiger partial charge is 0.261 e. The summed E-state index contributed by atoms with van der Waals surface area (Å²) < 4.78 is 32.8. The van der Waals surface area contributed by atoms with Crippen molar-refractivity contribution in [1.82, 2.24) is 4.90 Å². The fourth-order valence-electron chi connectivity index (χ4n) is 3.21. The van der Waals surface area contributed by atoms with E-state index in [1.807, 2.05) is 0 Å². The number of hydrogen-bond acceptors (Lipinski definition) is 5. The molecule has 7 heteroatoms. The standard InChI is InChI=1S/C20H24N2O4S/c1-22-12-10-15(11-13-22)20(23)16-4-3-5-17(14-16)21-27(24,25)19-8-6-18(26-2)7-9-19/h3-9,14-15,21H,10-13H2,1-2H3. The number of likely N-dealkylation sites (tertiary alicyclic amines) is 1. The van der Waals surface area contributed by atoms with Gasteiger partial charge in [0.05, 0.1) is 12.0 Å². The van der Waals surface area contributed by atoms with E-state index in [-0.39, 0.29) is 16.6 Å². The Balaban J connectivity index is 1.75. The number of benzene rings is 2. The van der Waals surface area contributed by atoms with Crippen LogP contribution in [0.3, 0.4) is 0 Å². The number of nitrogens with zero attached hydrogens (tertiary/aromatic N) is 1. The number of carbonyl (C=O) groups is 1. The van der Waals surface area contributed by atoms with Crippen molar-refractivity contribution in [2.45, 2.75) is 17.7 Å². The summed E-state index contributed by atoms with van der Waals surface area (Å²) in [5.74, 6) is 0.655. The van der Waals surface area contributed by atoms with Crippen LogP contribution in [0.4, 0.5) is 5.69 Å². The lowest BCUT2D eigenvalue weighted by atomic mass is 9.89. The number of carbonyl (C=O) groups excluding carboxylic acids is 1. The molecule has 3 rings (SSSR count). The average molecular weight is 388 g/mol. The van der Waals surface area contributed by atoms with Crippen molar-refractivity contribution in [3.8, 4) is 5.75 Å². The van der Waals surface area contributed by atoms with Crippen LogP contribution in [0.2, 0.25) is 0 Å². The van der Waals surface area contributed by atoms with E-state index in [2.05, 4.69) is 16.7 Å². The van der Waals surface area contributed by atoms with Gasteiger partial charge in [-0.3, -0.25) is 9.52 Å². The predicted molar refractivity (Wildman–Crippen MR) is 105 cm³/mol. The molecule has 144 valence electrons. The summed E-state index contributed by atoms with van der Waals surface area (Å²) in [6, 6.07) is 12.8. The van der Waals surface area contributed by atoms with Crippen LogP contribution in [0.25, 0.3) is 0 Å². The SMILES string of the molecule is COc1ccc(S(=O)(=O)Nc2cccc(C(=O)C3CCN(C)CC3)c2)cc1. The number of ketones is 1. The van der Waals surface area contributed by atoms with Gasteiger partial charge in [-0.25, -0.2) is 8.42 Å². The van der Waals surface area contributed by atoms with Gasteiger partial charge in [0.15, 0.2) is 5.78 Å². The molecule has 1 aliphatic rings. The molecule has 1 aliphatic heterocycles. The monoisotopic (exact) mass is 388 g/mol. The van der Waals surface area contributed by atoms with Crippen molar-refractivity contribution in [3.05, 3.63) is 54.1 Å². The van der Waals surface area contributed by atoms with Crippen LogP contribution in [0, 0.1) is 5.92 Å². The molecule has 6 nitrogen and oxygen atoms in total. The number of anilines is 1. The first-order valence-electron chi connectivity index (χ1n) is 8.89. The fraction of sp³-hybridized carbons (Fsp3) is 0.350. The maximum Gasteiger partial charge on any atom is 0.261 e. The lowest BCUT2D eigenvalue weighted by Gasteiger charge is -2.28. The number of nitrogens with one attached hydrogen (secondary N) is 1. The third-order valence-electron chi connectivity index (χ3n) is 4.86. The van der Waals surface area contributed by atoms with E-state index in [0.29, 0.717) is 17.0 Å². The highest BCUT2D eigenvalue weighted by Crippen LogP contribution is 2.24. The van der Waals surface area contributed by atoms with Gasteiger partial charge in [-0.1, -0.05) is 12.1 Å². The van der Waals surface area contributed by atoms with Crippen LogP contribution in [-0.4, -0.2) is 46.3 Å². The minimum absolute atomic E-state index is 0.00496. The van der Waals surface area contributed by atoms with Crippen molar-refractivity contribution >= 4 is 21.5 Å². The maximum atomic E-state index is 12.8. The molecule has 2 aromatic rings. The van der Waals surface area contributed by atoms with Gasteiger partial charge in [0.25, 0.3) is 10.0 Å². The lowest BCUT2D eigenvalue weighted by Crippen LogP contribution is -2.33. The van der Waals surface area contributed by atoms with Crippen LogP contribution in [-0.2, 0) is 10.0 Å². The highest BCUT2D eigenvalue weighted by atomic mass is 32.2. The molecule has 1 heterocycles. The molecular weight excluding hydrogens is 364 g/mol. The fourth-order valence-corrected chi connectivity index (χ4v) is 4.26. The molecule has 0 saturated carbocycles. The third kappa shape index (κ3) is 4.67. The Hall–Kier alpha value is -2.38. The molecule has 2 aromatic carbocycles. The summed E-state index contributed by atoms with van der Waals surface area (Å²) in [6.07, 6.45) is 1.66. The quantitative estimate of drug-likeness (QED) is 0.770. The summed E-state index contributed by atoms with van der Waals surface area (Å²) in [4.78, 5) is 15.1. The number of methoxy groups -OCH3 is 1. The first-order valence-corrected chi connectivity index (χ1v) is 10.4. The molecule has 1 N–H and O–H groups in total. The van der Waals surface area contributed by atoms with Gasteiger partial charge in [-0.05, 0) is 69.4 Å². The van der Waals surface area contributed by atoms with Crippen LogP contribution in [0.15, 0.2) is 53.4 Å². The zero-order valence-corrected chi connectivity index (χ0v) is 16.3. The summed E-state index contributed by atoms with van der Waals surface area (Å²) in [5.41, 5.74) is 0.920. The number of Topliss-reactive ketones (excluding diaryl/α,β-unsaturated/α-hetero) is 1. The topological polar surface area (TPSA) is 75.7 Å². The summed E-state index contributed by atoms with van der Waals surface area (Å²) in [6.45, 7) is 1.81. The van der Waals surface area contributed by atoms with E-state index in [1.165, 1.54) is 19.2 Å². The van der Waals surface area contributed by atoms with Gasteiger partial charge in [-0.15, -0.1) is 0 Å². The lowest BCUT2D eigenvalue weighted by molar-refractivity contribution is 0.0857. The van der Waals surface area contributed by atoms with Crippen molar-refractivity contribution in [2.24, 2.45) is 5.92 Å². The molecule has 0 unspecified atom stereocenters. The Morgan fingerprint density at radius 3 is 2.41 bits per heavy atom. The van der Waals surface area contributed by atoms with E-state index in [1.54, 1.807) is 36.4 Å². The molecule has 27 heavy (non-hydrogen) atoms. The molecule has 0 amide bonds. The van der Waals surface area contributed by atoms with Gasteiger partial charge < -0.3 is 9.64 Å². The highest BCUT2D eigenvalue weighted by molar-refractivity contribution is 7.92. The van der Waals surface area contributed by atoms with E-state index in [9.17, 15) is 13.2 Å². The van der Waals surface area contributed by atoms with Crippen molar-refractivity contribution in [1.29, 1.82) is 0 Å². The summed E-state index contributed by atoms with van der Waals surface area (Å²) in [7, 11) is -0.163. The second-order valence-corrected chi connectivity index (χ2v) is 8.49. The van der Waals surface area contributed by atoms with E-state index < -0.39 is 10.0 Å².